The number of oxazole rings is 1. The molecular formula is C21H33NO7. The zero-order valence-electron chi connectivity index (χ0n) is 17.5. The van der Waals surface area contributed by atoms with Crippen molar-refractivity contribution in [2.75, 3.05) is 13.2 Å². The molecule has 0 saturated carbocycles. The fraction of sp³-hybridized carbons (Fsp3) is 0.762. The van der Waals surface area contributed by atoms with E-state index >= 15 is 0 Å². The van der Waals surface area contributed by atoms with Crippen LogP contribution in [0.3, 0.4) is 0 Å². The zero-order valence-corrected chi connectivity index (χ0v) is 17.5. The van der Waals surface area contributed by atoms with Gasteiger partial charge in [0.05, 0.1) is 43.7 Å². The van der Waals surface area contributed by atoms with Gasteiger partial charge < -0.3 is 33.9 Å². The zero-order chi connectivity index (χ0) is 21.1. The molecule has 8 atom stereocenters. The number of aliphatic hydroxyl groups excluding tert-OH is 3. The summed E-state index contributed by atoms with van der Waals surface area (Å²) in [5.41, 5.74) is 0.918. The molecule has 0 aromatic carbocycles. The molecule has 164 valence electrons. The summed E-state index contributed by atoms with van der Waals surface area (Å²) < 4.78 is 22.2. The molecule has 3 heterocycles. The average molecular weight is 411 g/mol. The van der Waals surface area contributed by atoms with Gasteiger partial charge in [0, 0.05) is 11.8 Å². The van der Waals surface area contributed by atoms with Crippen LogP contribution in [0, 0.1) is 11.8 Å². The maximum absolute atomic E-state index is 10.6. The van der Waals surface area contributed by atoms with Crippen LogP contribution in [0.5, 0.6) is 5.95 Å². The average Bonchev–Trinajstić information content (AvgIpc) is 3.30. The molecule has 29 heavy (non-hydrogen) atoms. The van der Waals surface area contributed by atoms with Crippen LogP contribution >= 0.6 is 0 Å². The van der Waals surface area contributed by atoms with Crippen LogP contribution in [-0.2, 0) is 9.47 Å². The van der Waals surface area contributed by atoms with Crippen molar-refractivity contribution in [2.24, 2.45) is 11.8 Å². The summed E-state index contributed by atoms with van der Waals surface area (Å²) in [6.07, 6.45) is 1.58. The third kappa shape index (κ3) is 5.58. The van der Waals surface area contributed by atoms with Gasteiger partial charge in [-0.2, -0.15) is 0 Å². The first kappa shape index (κ1) is 22.2. The van der Waals surface area contributed by atoms with E-state index in [2.05, 4.69) is 4.98 Å². The molecule has 1 aromatic rings. The standard InChI is InChI=1S/C21H33NO7/c1-5-26-18-9-22-17(29-18)7-11(2)6-15-20(25)19(24)14(10-27-15)8-16-21(28-16)12(3)13(4)23/h7,9,12-16,19-21,23-25H,5-6,8,10H2,1-4H3/b11-7+/t12-,13-,14-,15-,16-,19+,20-,21-/m0/s1. The number of aliphatic hydroxyl groups is 3. The summed E-state index contributed by atoms with van der Waals surface area (Å²) in [4.78, 5) is 4.13. The molecule has 0 radical (unpaired) electrons. The fourth-order valence-electron chi connectivity index (χ4n) is 3.85. The predicted molar refractivity (Wildman–Crippen MR) is 105 cm³/mol. The first-order valence-corrected chi connectivity index (χ1v) is 10.4. The van der Waals surface area contributed by atoms with Gasteiger partial charge in [-0.25, -0.2) is 4.98 Å². The number of aromatic nitrogens is 1. The maximum atomic E-state index is 10.6. The van der Waals surface area contributed by atoms with E-state index in [0.29, 0.717) is 37.9 Å². The minimum Gasteiger partial charge on any atom is -0.464 e. The van der Waals surface area contributed by atoms with Crippen LogP contribution in [0.15, 0.2) is 16.2 Å². The lowest BCUT2D eigenvalue weighted by atomic mass is 9.85. The third-order valence-electron chi connectivity index (χ3n) is 5.86. The Kier molecular flexibility index (Phi) is 7.34. The Hall–Kier alpha value is -1.45. The molecule has 0 amide bonds. The van der Waals surface area contributed by atoms with Gasteiger partial charge in [-0.15, -0.1) is 0 Å². The second-order valence-electron chi connectivity index (χ2n) is 8.23. The molecule has 0 spiro atoms. The second kappa shape index (κ2) is 9.57. The summed E-state index contributed by atoms with van der Waals surface area (Å²) in [6, 6.07) is 0. The summed E-state index contributed by atoms with van der Waals surface area (Å²) in [5.74, 6) is 0.649. The highest BCUT2D eigenvalue weighted by Gasteiger charge is 2.48. The largest absolute Gasteiger partial charge is 0.464 e. The van der Waals surface area contributed by atoms with Crippen LogP contribution in [0.2, 0.25) is 0 Å². The summed E-state index contributed by atoms with van der Waals surface area (Å²) in [5, 5.41) is 30.8. The van der Waals surface area contributed by atoms with E-state index in [1.54, 1.807) is 13.0 Å². The van der Waals surface area contributed by atoms with E-state index < -0.39 is 24.4 Å². The van der Waals surface area contributed by atoms with Crippen molar-refractivity contribution in [3.8, 4) is 5.95 Å². The van der Waals surface area contributed by atoms with Crippen LogP contribution in [0.1, 0.15) is 46.4 Å². The molecule has 2 aliphatic rings. The minimum atomic E-state index is -0.980. The van der Waals surface area contributed by atoms with Crippen molar-refractivity contribution in [3.05, 3.63) is 17.7 Å². The first-order chi connectivity index (χ1) is 13.8. The Morgan fingerprint density at radius 2 is 2.07 bits per heavy atom. The molecule has 0 aliphatic carbocycles. The number of epoxide rings is 1. The van der Waals surface area contributed by atoms with E-state index in [1.165, 1.54) is 6.20 Å². The number of hydrogen-bond donors (Lipinski definition) is 3. The van der Waals surface area contributed by atoms with Gasteiger partial charge in [0.25, 0.3) is 0 Å². The molecule has 3 N–H and O–H groups in total. The van der Waals surface area contributed by atoms with Gasteiger partial charge >= 0.3 is 5.95 Å². The molecule has 2 aliphatic heterocycles. The number of ether oxygens (including phenoxy) is 3. The molecule has 8 nitrogen and oxygen atoms in total. The SMILES string of the molecule is CCOc1cnc(/C=C(\C)C[C@@H]2OC[C@H](C[C@@H]3O[C@H]3[C@@H](C)[C@H](C)O)[C@@H](O)[C@H]2O)o1. The Labute approximate surface area is 171 Å². The van der Waals surface area contributed by atoms with Crippen molar-refractivity contribution in [1.29, 1.82) is 0 Å². The van der Waals surface area contributed by atoms with E-state index in [4.69, 9.17) is 18.6 Å². The lowest BCUT2D eigenvalue weighted by Gasteiger charge is -2.38. The van der Waals surface area contributed by atoms with Gasteiger partial charge in [0.1, 0.15) is 12.3 Å². The predicted octanol–water partition coefficient (Wildman–Crippen LogP) is 1.78. The van der Waals surface area contributed by atoms with Gasteiger partial charge in [-0.1, -0.05) is 12.5 Å². The molecule has 2 fully saturated rings. The van der Waals surface area contributed by atoms with Crippen LogP contribution in [0.25, 0.3) is 6.08 Å². The van der Waals surface area contributed by atoms with E-state index in [0.717, 1.165) is 5.57 Å². The van der Waals surface area contributed by atoms with Crippen LogP contribution in [-0.4, -0.2) is 70.1 Å². The van der Waals surface area contributed by atoms with Gasteiger partial charge in [0.2, 0.25) is 5.89 Å². The topological polar surface area (TPSA) is 118 Å². The van der Waals surface area contributed by atoms with Gasteiger partial charge in [-0.05, 0) is 39.7 Å². The lowest BCUT2D eigenvalue weighted by molar-refractivity contribution is -0.165. The number of rotatable bonds is 9. The van der Waals surface area contributed by atoms with E-state index in [-0.39, 0.29) is 24.0 Å². The molecule has 0 unspecified atom stereocenters. The highest BCUT2D eigenvalue weighted by molar-refractivity contribution is 5.43. The van der Waals surface area contributed by atoms with Crippen molar-refractivity contribution < 1.29 is 33.9 Å². The van der Waals surface area contributed by atoms with Crippen molar-refractivity contribution in [3.63, 3.8) is 0 Å². The molecule has 0 bridgehead atoms. The van der Waals surface area contributed by atoms with Crippen molar-refractivity contribution in [2.45, 2.75) is 77.2 Å². The lowest BCUT2D eigenvalue weighted by Crippen LogP contribution is -2.50. The molecule has 2 saturated heterocycles. The highest BCUT2D eigenvalue weighted by atomic mass is 16.6. The normalized spacial score (nSPS) is 34.7. The monoisotopic (exact) mass is 411 g/mol. The third-order valence-corrected chi connectivity index (χ3v) is 5.86. The minimum absolute atomic E-state index is 0.00204. The van der Waals surface area contributed by atoms with E-state index in [1.807, 2.05) is 20.8 Å². The Morgan fingerprint density at radius 1 is 1.31 bits per heavy atom. The smallest absolute Gasteiger partial charge is 0.305 e. The highest BCUT2D eigenvalue weighted by Crippen LogP contribution is 2.38. The maximum Gasteiger partial charge on any atom is 0.305 e. The Bertz CT molecular complexity index is 688. The summed E-state index contributed by atoms with van der Waals surface area (Å²) >= 11 is 0. The van der Waals surface area contributed by atoms with Crippen LogP contribution < -0.4 is 4.74 Å². The van der Waals surface area contributed by atoms with E-state index in [9.17, 15) is 15.3 Å². The second-order valence-corrected chi connectivity index (χ2v) is 8.23. The van der Waals surface area contributed by atoms with Gasteiger partial charge in [-0.3, -0.25) is 0 Å². The number of hydrogen-bond acceptors (Lipinski definition) is 8. The van der Waals surface area contributed by atoms with Gasteiger partial charge in [0.15, 0.2) is 0 Å². The first-order valence-electron chi connectivity index (χ1n) is 10.4. The molecule has 1 aromatic heterocycles. The Morgan fingerprint density at radius 3 is 2.76 bits per heavy atom. The van der Waals surface area contributed by atoms with Crippen molar-refractivity contribution in [1.82, 2.24) is 4.98 Å². The molecular weight excluding hydrogens is 378 g/mol. The quantitative estimate of drug-likeness (QED) is 0.526. The van der Waals surface area contributed by atoms with Crippen LogP contribution in [0.4, 0.5) is 0 Å². The van der Waals surface area contributed by atoms with Crippen molar-refractivity contribution >= 4 is 6.08 Å². The number of nitrogens with zero attached hydrogens (tertiary/aromatic N) is 1. The summed E-state index contributed by atoms with van der Waals surface area (Å²) in [6.45, 7) is 8.34. The summed E-state index contributed by atoms with van der Waals surface area (Å²) in [7, 11) is 0. The molecule has 8 heteroatoms. The Balaban J connectivity index is 1.50. The fourth-order valence-corrected chi connectivity index (χ4v) is 3.85. The molecule has 3 rings (SSSR count).